The summed E-state index contributed by atoms with van der Waals surface area (Å²) in [5, 5.41) is 7.47. The smallest absolute Gasteiger partial charge is 0.191 e. The van der Waals surface area contributed by atoms with Gasteiger partial charge in [0.1, 0.15) is 5.82 Å². The Hall–Kier alpha value is -1.89. The summed E-state index contributed by atoms with van der Waals surface area (Å²) in [4.78, 5) is 7.27. The van der Waals surface area contributed by atoms with E-state index in [-0.39, 0.29) is 10.6 Å². The molecule has 0 saturated heterocycles. The van der Waals surface area contributed by atoms with Crippen molar-refractivity contribution in [2.75, 3.05) is 25.9 Å². The van der Waals surface area contributed by atoms with Crippen LogP contribution in [0.15, 0.2) is 29.4 Å². The Morgan fingerprint density at radius 2 is 2.00 bits per heavy atom. The number of nitrogens with one attached hydrogen (secondary N) is 3. The Bertz CT molecular complexity index is 764. The Balaban J connectivity index is 1.80. The van der Waals surface area contributed by atoms with Crippen LogP contribution < -0.4 is 10.6 Å². The van der Waals surface area contributed by atoms with Crippen molar-refractivity contribution in [3.8, 4) is 0 Å². The first-order chi connectivity index (χ1) is 11.8. The number of hydrogen-bond acceptors (Lipinski definition) is 2. The van der Waals surface area contributed by atoms with Crippen molar-refractivity contribution in [2.45, 2.75) is 31.9 Å². The number of rotatable bonds is 6. The number of fused-ring (bicyclic) bond motifs is 1. The molecule has 0 aliphatic heterocycles. The van der Waals surface area contributed by atoms with E-state index in [1.54, 1.807) is 13.1 Å². The van der Waals surface area contributed by atoms with Gasteiger partial charge in [0.25, 0.3) is 0 Å². The average molecular weight is 367 g/mol. The maximum absolute atomic E-state index is 13.2. The van der Waals surface area contributed by atoms with Crippen LogP contribution in [0.2, 0.25) is 0 Å². The third-order valence-corrected chi connectivity index (χ3v) is 5.84. The van der Waals surface area contributed by atoms with Crippen LogP contribution in [0.25, 0.3) is 10.9 Å². The van der Waals surface area contributed by atoms with Gasteiger partial charge in [0.2, 0.25) is 0 Å². The van der Waals surface area contributed by atoms with Crippen LogP contribution in [-0.4, -0.2) is 45.8 Å². The van der Waals surface area contributed by atoms with E-state index in [4.69, 9.17) is 0 Å². The van der Waals surface area contributed by atoms with Gasteiger partial charge in [0.15, 0.2) is 5.96 Å². The minimum atomic E-state index is -0.884. The van der Waals surface area contributed by atoms with Gasteiger partial charge >= 0.3 is 0 Å². The number of halogens is 1. The van der Waals surface area contributed by atoms with Crippen molar-refractivity contribution in [1.82, 2.24) is 15.6 Å². The minimum Gasteiger partial charge on any atom is -0.361 e. The van der Waals surface area contributed by atoms with Crippen molar-refractivity contribution in [3.05, 3.63) is 35.8 Å². The Morgan fingerprint density at radius 1 is 1.28 bits per heavy atom. The second kappa shape index (κ2) is 8.47. The van der Waals surface area contributed by atoms with Crippen LogP contribution in [0.4, 0.5) is 4.39 Å². The SMILES string of the molecule is CN=C(NCCc1c[nH]c2cc(F)ccc12)NCCS(=O)C(C)(C)C. The number of aromatic amines is 1. The highest BCUT2D eigenvalue weighted by Crippen LogP contribution is 2.19. The summed E-state index contributed by atoms with van der Waals surface area (Å²) in [5.74, 6) is 1.03. The van der Waals surface area contributed by atoms with Gasteiger partial charge in [-0.25, -0.2) is 4.39 Å². The second-order valence-electron chi connectivity index (χ2n) is 6.84. The molecule has 1 heterocycles. The van der Waals surface area contributed by atoms with Crippen LogP contribution >= 0.6 is 0 Å². The molecule has 0 radical (unpaired) electrons. The molecular formula is C18H27FN4OS. The number of hydrogen-bond donors (Lipinski definition) is 3. The molecular weight excluding hydrogens is 339 g/mol. The number of nitrogens with zero attached hydrogens (tertiary/aromatic N) is 1. The summed E-state index contributed by atoms with van der Waals surface area (Å²) in [7, 11) is 0.829. The maximum atomic E-state index is 13.2. The van der Waals surface area contributed by atoms with Gasteiger partial charge in [-0.3, -0.25) is 9.20 Å². The van der Waals surface area contributed by atoms with Gasteiger partial charge in [-0.2, -0.15) is 0 Å². The summed E-state index contributed by atoms with van der Waals surface area (Å²) >= 11 is 0. The number of benzene rings is 1. The molecule has 2 aromatic rings. The highest BCUT2D eigenvalue weighted by Gasteiger charge is 2.18. The van der Waals surface area contributed by atoms with E-state index >= 15 is 0 Å². The second-order valence-corrected chi connectivity index (χ2v) is 9.17. The Labute approximate surface area is 151 Å². The zero-order valence-corrected chi connectivity index (χ0v) is 16.1. The lowest BCUT2D eigenvalue weighted by molar-refractivity contribution is 0.629. The van der Waals surface area contributed by atoms with Crippen LogP contribution in [0.5, 0.6) is 0 Å². The van der Waals surface area contributed by atoms with Crippen molar-refractivity contribution < 1.29 is 8.60 Å². The monoisotopic (exact) mass is 366 g/mol. The summed E-state index contributed by atoms with van der Waals surface area (Å²) in [5.41, 5.74) is 1.94. The zero-order chi connectivity index (χ0) is 18.4. The first-order valence-corrected chi connectivity index (χ1v) is 9.71. The molecule has 5 nitrogen and oxygen atoms in total. The molecule has 0 aliphatic rings. The summed E-state index contributed by atoms with van der Waals surface area (Å²) in [6, 6.07) is 4.77. The molecule has 2 rings (SSSR count). The highest BCUT2D eigenvalue weighted by molar-refractivity contribution is 7.86. The maximum Gasteiger partial charge on any atom is 0.191 e. The lowest BCUT2D eigenvalue weighted by Crippen LogP contribution is -2.41. The highest BCUT2D eigenvalue weighted by atomic mass is 32.2. The van der Waals surface area contributed by atoms with Crippen molar-refractivity contribution in [2.24, 2.45) is 4.99 Å². The lowest BCUT2D eigenvalue weighted by atomic mass is 10.1. The number of aliphatic imine (C=N–C) groups is 1. The third kappa shape index (κ3) is 5.56. The summed E-state index contributed by atoms with van der Waals surface area (Å²) < 4.78 is 25.1. The molecule has 3 N–H and O–H groups in total. The van der Waals surface area contributed by atoms with Gasteiger partial charge in [0, 0.05) is 58.5 Å². The fraction of sp³-hybridized carbons (Fsp3) is 0.500. The topological polar surface area (TPSA) is 69.3 Å². The minimum absolute atomic E-state index is 0.201. The molecule has 25 heavy (non-hydrogen) atoms. The average Bonchev–Trinajstić information content (AvgIpc) is 2.94. The van der Waals surface area contributed by atoms with Crippen molar-refractivity contribution >= 4 is 27.7 Å². The summed E-state index contributed by atoms with van der Waals surface area (Å²) in [6.45, 7) is 7.23. The number of aromatic nitrogens is 1. The predicted molar refractivity (Wildman–Crippen MR) is 104 cm³/mol. The molecule has 0 aliphatic carbocycles. The largest absolute Gasteiger partial charge is 0.361 e. The van der Waals surface area contributed by atoms with Gasteiger partial charge < -0.3 is 15.6 Å². The summed E-state index contributed by atoms with van der Waals surface area (Å²) in [6.07, 6.45) is 2.70. The van der Waals surface area contributed by atoms with Gasteiger partial charge in [-0.1, -0.05) is 0 Å². The molecule has 0 spiro atoms. The molecule has 7 heteroatoms. The van der Waals surface area contributed by atoms with Crippen LogP contribution in [0.1, 0.15) is 26.3 Å². The van der Waals surface area contributed by atoms with Gasteiger partial charge in [-0.15, -0.1) is 0 Å². The number of H-pyrrole nitrogens is 1. The van der Waals surface area contributed by atoms with Crippen LogP contribution in [-0.2, 0) is 17.2 Å². The first kappa shape index (κ1) is 19.4. The molecule has 1 aromatic carbocycles. The molecule has 138 valence electrons. The number of guanidine groups is 1. The van der Waals surface area contributed by atoms with E-state index in [0.29, 0.717) is 24.8 Å². The molecule has 1 atom stereocenters. The van der Waals surface area contributed by atoms with E-state index in [1.807, 2.05) is 27.0 Å². The van der Waals surface area contributed by atoms with Crippen molar-refractivity contribution in [1.29, 1.82) is 0 Å². The van der Waals surface area contributed by atoms with E-state index in [9.17, 15) is 8.60 Å². The molecule has 1 aromatic heterocycles. The molecule has 0 saturated carbocycles. The quantitative estimate of drug-likeness (QED) is 0.544. The lowest BCUT2D eigenvalue weighted by Gasteiger charge is -2.18. The van der Waals surface area contributed by atoms with E-state index in [0.717, 1.165) is 22.9 Å². The van der Waals surface area contributed by atoms with Crippen LogP contribution in [0, 0.1) is 5.82 Å². The van der Waals surface area contributed by atoms with Gasteiger partial charge in [0.05, 0.1) is 0 Å². The normalized spacial score (nSPS) is 13.9. The van der Waals surface area contributed by atoms with Crippen LogP contribution in [0.3, 0.4) is 0 Å². The van der Waals surface area contributed by atoms with Gasteiger partial charge in [-0.05, 0) is 51.0 Å². The third-order valence-electron chi connectivity index (χ3n) is 3.90. The fourth-order valence-corrected chi connectivity index (χ4v) is 3.37. The van der Waals surface area contributed by atoms with Crippen molar-refractivity contribution in [3.63, 3.8) is 0 Å². The zero-order valence-electron chi connectivity index (χ0n) is 15.3. The Kier molecular flexibility index (Phi) is 6.58. The van der Waals surface area contributed by atoms with E-state index in [2.05, 4.69) is 20.6 Å². The first-order valence-electron chi connectivity index (χ1n) is 8.40. The Morgan fingerprint density at radius 3 is 2.68 bits per heavy atom. The molecule has 0 bridgehead atoms. The standard InChI is InChI=1S/C18H27FN4OS/c1-18(2,3)25(24)10-9-22-17(20-4)21-8-7-13-12-23-16-11-14(19)5-6-15(13)16/h5-6,11-12,23H,7-10H2,1-4H3,(H2,20,21,22). The predicted octanol–water partition coefficient (Wildman–Crippen LogP) is 2.56. The molecule has 0 fully saturated rings. The van der Waals surface area contributed by atoms with E-state index in [1.165, 1.54) is 12.1 Å². The molecule has 1 unspecified atom stereocenters. The molecule has 0 amide bonds. The van der Waals surface area contributed by atoms with E-state index < -0.39 is 10.8 Å². The fourth-order valence-electron chi connectivity index (χ4n) is 2.47.